The molecule has 5 heteroatoms. The van der Waals surface area contributed by atoms with Crippen molar-refractivity contribution >= 4 is 14.9 Å². The molecule has 0 aromatic carbocycles. The van der Waals surface area contributed by atoms with E-state index in [-0.39, 0.29) is 0 Å². The molecule has 39 valence electrons. The Hall–Kier alpha value is -0.0201. The van der Waals surface area contributed by atoms with E-state index in [2.05, 4.69) is 9.23 Å². The molecule has 0 aromatic heterocycles. The molecule has 0 rings (SSSR count). The van der Waals surface area contributed by atoms with Crippen LogP contribution < -0.4 is 0 Å². The summed E-state index contributed by atoms with van der Waals surface area (Å²) in [7, 11) is 1.06. The molecule has 0 bridgehead atoms. The first-order valence-electron chi connectivity index (χ1n) is 1.91. The Morgan fingerprint density at radius 1 is 1.71 bits per heavy atom. The van der Waals surface area contributed by atoms with Crippen molar-refractivity contribution in [3.63, 3.8) is 0 Å². The van der Waals surface area contributed by atoms with Crippen molar-refractivity contribution in [2.75, 3.05) is 7.11 Å². The van der Waals surface area contributed by atoms with Gasteiger partial charge in [0.05, 0.1) is 0 Å². The molecule has 0 fully saturated rings. The van der Waals surface area contributed by atoms with Crippen molar-refractivity contribution in [3.8, 4) is 0 Å². The SMILES string of the molecule is CO[B]OB(C)F. The van der Waals surface area contributed by atoms with E-state index in [9.17, 15) is 4.32 Å². The van der Waals surface area contributed by atoms with Crippen LogP contribution in [0.1, 0.15) is 0 Å². The van der Waals surface area contributed by atoms with Crippen LogP contribution in [-0.4, -0.2) is 22.0 Å². The number of rotatable bonds is 3. The predicted molar refractivity (Wildman–Crippen MR) is 26.6 cm³/mol. The summed E-state index contributed by atoms with van der Waals surface area (Å²) < 4.78 is 20.0. The number of hydrogen-bond acceptors (Lipinski definition) is 2. The van der Waals surface area contributed by atoms with E-state index in [1.807, 2.05) is 0 Å². The smallest absolute Gasteiger partial charge is 0.450 e. The molecule has 0 aliphatic rings. The fourth-order valence-electron chi connectivity index (χ4n) is 0.132. The molecule has 2 nitrogen and oxygen atoms in total. The first-order chi connectivity index (χ1) is 3.27. The summed E-state index contributed by atoms with van der Waals surface area (Å²) in [6.45, 7) is 1.27. The van der Waals surface area contributed by atoms with Gasteiger partial charge in [-0.25, -0.2) is 0 Å². The van der Waals surface area contributed by atoms with Gasteiger partial charge in [-0.3, -0.25) is 4.32 Å². The Kier molecular flexibility index (Phi) is 4.14. The van der Waals surface area contributed by atoms with Crippen LogP contribution in [0.25, 0.3) is 0 Å². The van der Waals surface area contributed by atoms with Crippen LogP contribution in [0, 0.1) is 0 Å². The van der Waals surface area contributed by atoms with E-state index in [0.29, 0.717) is 0 Å². The molecular formula is C2H6B2FO2. The highest BCUT2D eigenvalue weighted by Crippen LogP contribution is 1.81. The van der Waals surface area contributed by atoms with Crippen LogP contribution in [0.2, 0.25) is 6.82 Å². The quantitative estimate of drug-likeness (QED) is 0.477. The molecular weight excluding hydrogens is 96.6 g/mol. The lowest BCUT2D eigenvalue weighted by atomic mass is 9.98. The van der Waals surface area contributed by atoms with E-state index in [4.69, 9.17) is 0 Å². The third kappa shape index (κ3) is 5.98. The second kappa shape index (κ2) is 4.15. The summed E-state index contributed by atoms with van der Waals surface area (Å²) in [5.74, 6) is 0. The van der Waals surface area contributed by atoms with Crippen molar-refractivity contribution in [1.29, 1.82) is 0 Å². The summed E-state index contributed by atoms with van der Waals surface area (Å²) in [6, 6.07) is 0. The second-order valence-electron chi connectivity index (χ2n) is 1.01. The average molecular weight is 103 g/mol. The van der Waals surface area contributed by atoms with Gasteiger partial charge >= 0.3 is 14.9 Å². The summed E-state index contributed by atoms with van der Waals surface area (Å²) >= 11 is 0. The zero-order valence-corrected chi connectivity index (χ0v) is 4.35. The molecule has 0 amide bonds. The van der Waals surface area contributed by atoms with Gasteiger partial charge in [-0.05, 0) is 6.82 Å². The lowest BCUT2D eigenvalue weighted by Gasteiger charge is -1.93. The first-order valence-corrected chi connectivity index (χ1v) is 1.91. The van der Waals surface area contributed by atoms with Gasteiger partial charge in [-0.1, -0.05) is 0 Å². The summed E-state index contributed by atoms with van der Waals surface area (Å²) in [6.07, 6.45) is 0. The Bertz CT molecular complexity index is 42.7. The number of hydrogen-bond donors (Lipinski definition) is 0. The second-order valence-corrected chi connectivity index (χ2v) is 1.01. The standard InChI is InChI=1S/C2H6B2FO2/c1-4(5)7-3-6-2/h1-2H3. The number of halogens is 1. The molecule has 0 saturated carbocycles. The summed E-state index contributed by atoms with van der Waals surface area (Å²) in [5.41, 5.74) is 0. The summed E-state index contributed by atoms with van der Waals surface area (Å²) in [5, 5.41) is 0. The van der Waals surface area contributed by atoms with Gasteiger partial charge in [0, 0.05) is 7.11 Å². The largest absolute Gasteiger partial charge is 0.482 e. The fraction of sp³-hybridized carbons (Fsp3) is 1.00. The van der Waals surface area contributed by atoms with Crippen LogP contribution in [0.5, 0.6) is 0 Å². The molecule has 0 aliphatic carbocycles. The average Bonchev–Trinajstić information content (AvgIpc) is 1.61. The Labute approximate surface area is 43.5 Å². The molecule has 0 N–H and O–H groups in total. The Morgan fingerprint density at radius 2 is 2.29 bits per heavy atom. The van der Waals surface area contributed by atoms with Gasteiger partial charge in [0.25, 0.3) is 0 Å². The highest BCUT2D eigenvalue weighted by Gasteiger charge is 2.04. The van der Waals surface area contributed by atoms with Gasteiger partial charge in [-0.15, -0.1) is 0 Å². The highest BCUT2D eigenvalue weighted by molar-refractivity contribution is 6.49. The fourth-order valence-corrected chi connectivity index (χ4v) is 0.132. The van der Waals surface area contributed by atoms with Crippen LogP contribution in [-0.2, 0) is 9.23 Å². The first kappa shape index (κ1) is 6.98. The minimum absolute atomic E-state index is 0.949. The monoisotopic (exact) mass is 103 g/mol. The third-order valence-electron chi connectivity index (χ3n) is 0.339. The molecule has 1 radical (unpaired) electrons. The van der Waals surface area contributed by atoms with Gasteiger partial charge in [-0.2, -0.15) is 0 Å². The third-order valence-corrected chi connectivity index (χ3v) is 0.339. The minimum Gasteiger partial charge on any atom is -0.450 e. The van der Waals surface area contributed by atoms with E-state index >= 15 is 0 Å². The van der Waals surface area contributed by atoms with Gasteiger partial charge in [0.1, 0.15) is 0 Å². The molecule has 7 heavy (non-hydrogen) atoms. The molecule has 0 unspecified atom stereocenters. The van der Waals surface area contributed by atoms with Gasteiger partial charge in [0.15, 0.2) is 0 Å². The summed E-state index contributed by atoms with van der Waals surface area (Å²) in [4.78, 5) is 0. The predicted octanol–water partition coefficient (Wildman–Crippen LogP) is 0.271. The lowest BCUT2D eigenvalue weighted by molar-refractivity contribution is 0.356. The zero-order valence-electron chi connectivity index (χ0n) is 4.35. The molecule has 0 heterocycles. The molecule has 0 aromatic rings. The molecule has 0 spiro atoms. The van der Waals surface area contributed by atoms with Crippen molar-refractivity contribution in [1.82, 2.24) is 0 Å². The normalized spacial score (nSPS) is 8.43. The van der Waals surface area contributed by atoms with Crippen LogP contribution >= 0.6 is 0 Å². The zero-order chi connectivity index (χ0) is 5.70. The van der Waals surface area contributed by atoms with Crippen molar-refractivity contribution < 1.29 is 13.5 Å². The van der Waals surface area contributed by atoms with Crippen molar-refractivity contribution in [3.05, 3.63) is 0 Å². The molecule has 0 atom stereocenters. The van der Waals surface area contributed by atoms with Crippen LogP contribution in [0.15, 0.2) is 0 Å². The lowest BCUT2D eigenvalue weighted by Crippen LogP contribution is -2.11. The van der Waals surface area contributed by atoms with Crippen molar-refractivity contribution in [2.45, 2.75) is 6.82 Å². The van der Waals surface area contributed by atoms with Crippen molar-refractivity contribution in [2.24, 2.45) is 0 Å². The van der Waals surface area contributed by atoms with Gasteiger partial charge < -0.3 is 9.23 Å². The Morgan fingerprint density at radius 3 is 2.43 bits per heavy atom. The van der Waals surface area contributed by atoms with E-state index in [1.165, 1.54) is 13.9 Å². The van der Waals surface area contributed by atoms with E-state index in [0.717, 1.165) is 7.69 Å². The Balaban J connectivity index is 2.68. The molecule has 0 saturated heterocycles. The molecule has 0 aliphatic heterocycles. The maximum Gasteiger partial charge on any atom is 0.482 e. The topological polar surface area (TPSA) is 18.5 Å². The maximum atomic E-state index is 11.6. The maximum absolute atomic E-state index is 11.6. The van der Waals surface area contributed by atoms with Crippen LogP contribution in [0.4, 0.5) is 4.32 Å². The highest BCUT2D eigenvalue weighted by atomic mass is 19.1. The minimum atomic E-state index is -1.28. The van der Waals surface area contributed by atoms with Gasteiger partial charge in [0.2, 0.25) is 0 Å². The van der Waals surface area contributed by atoms with E-state index < -0.39 is 7.19 Å². The van der Waals surface area contributed by atoms with Crippen LogP contribution in [0.3, 0.4) is 0 Å². The van der Waals surface area contributed by atoms with E-state index in [1.54, 1.807) is 0 Å².